The van der Waals surface area contributed by atoms with E-state index >= 15 is 0 Å². The van der Waals surface area contributed by atoms with Gasteiger partial charge in [-0.2, -0.15) is 0 Å². The minimum Gasteiger partial charge on any atom is -0.393 e. The first-order valence-electron chi connectivity index (χ1n) is 5.82. The quantitative estimate of drug-likeness (QED) is 0.705. The van der Waals surface area contributed by atoms with E-state index in [4.69, 9.17) is 0 Å². The molecule has 3 atom stereocenters. The monoisotopic (exact) mass is 199 g/mol. The highest BCUT2D eigenvalue weighted by molar-refractivity contribution is 4.95. The first-order valence-corrected chi connectivity index (χ1v) is 5.82. The molecule has 0 amide bonds. The summed E-state index contributed by atoms with van der Waals surface area (Å²) in [5, 5.41) is 19.2. The van der Waals surface area contributed by atoms with Gasteiger partial charge in [0.25, 0.3) is 0 Å². The van der Waals surface area contributed by atoms with E-state index in [2.05, 4.69) is 4.90 Å². The minimum absolute atomic E-state index is 0.0949. The van der Waals surface area contributed by atoms with E-state index in [0.29, 0.717) is 12.1 Å². The van der Waals surface area contributed by atoms with Crippen LogP contribution in [0.3, 0.4) is 0 Å². The van der Waals surface area contributed by atoms with E-state index in [1.807, 2.05) is 6.92 Å². The van der Waals surface area contributed by atoms with Gasteiger partial charge in [-0.15, -0.1) is 0 Å². The van der Waals surface area contributed by atoms with E-state index < -0.39 is 0 Å². The van der Waals surface area contributed by atoms with E-state index in [0.717, 1.165) is 25.8 Å². The van der Waals surface area contributed by atoms with Crippen molar-refractivity contribution in [2.24, 2.45) is 0 Å². The summed E-state index contributed by atoms with van der Waals surface area (Å²) < 4.78 is 0. The van der Waals surface area contributed by atoms with E-state index in [1.54, 1.807) is 0 Å². The van der Waals surface area contributed by atoms with Gasteiger partial charge in [0.2, 0.25) is 0 Å². The molecule has 0 aromatic heterocycles. The Balaban J connectivity index is 1.94. The Hall–Kier alpha value is -0.120. The first-order chi connectivity index (χ1) is 6.70. The molecule has 3 nitrogen and oxygen atoms in total. The number of rotatable bonds is 3. The molecule has 3 unspecified atom stereocenters. The average molecular weight is 199 g/mol. The second-order valence-electron chi connectivity index (χ2n) is 4.77. The summed E-state index contributed by atoms with van der Waals surface area (Å²) in [6.07, 6.45) is 4.78. The normalized spacial score (nSPS) is 40.1. The number of aliphatic hydroxyl groups is 2. The average Bonchev–Trinajstić information content (AvgIpc) is 2.41. The molecule has 0 radical (unpaired) electrons. The van der Waals surface area contributed by atoms with Gasteiger partial charge < -0.3 is 10.2 Å². The fourth-order valence-electron chi connectivity index (χ4n) is 2.92. The number of aliphatic hydroxyl groups excluding tert-OH is 2. The van der Waals surface area contributed by atoms with Gasteiger partial charge in [0.15, 0.2) is 0 Å². The van der Waals surface area contributed by atoms with Crippen molar-refractivity contribution in [3.8, 4) is 0 Å². The van der Waals surface area contributed by atoms with Gasteiger partial charge in [0, 0.05) is 18.6 Å². The maximum Gasteiger partial charge on any atom is 0.0664 e. The molecule has 82 valence electrons. The summed E-state index contributed by atoms with van der Waals surface area (Å²) in [5.41, 5.74) is 0. The standard InChI is InChI=1S/C11H21NO2/c1-2-10(13)7-12-8-3-4-9(12)6-11(14)5-8/h8-11,13-14H,2-7H2,1H3. The van der Waals surface area contributed by atoms with Crippen LogP contribution in [0.5, 0.6) is 0 Å². The molecule has 2 N–H and O–H groups in total. The number of fused-ring (bicyclic) bond motifs is 2. The molecule has 2 rings (SSSR count). The van der Waals surface area contributed by atoms with Crippen LogP contribution in [0.4, 0.5) is 0 Å². The molecule has 0 aromatic rings. The number of hydrogen-bond acceptors (Lipinski definition) is 3. The smallest absolute Gasteiger partial charge is 0.0664 e. The lowest BCUT2D eigenvalue weighted by Gasteiger charge is -2.38. The molecule has 2 aliphatic rings. The van der Waals surface area contributed by atoms with Crippen molar-refractivity contribution in [3.05, 3.63) is 0 Å². The molecule has 0 aromatic carbocycles. The maximum absolute atomic E-state index is 9.64. The van der Waals surface area contributed by atoms with Gasteiger partial charge in [-0.05, 0) is 32.1 Å². The Kier molecular flexibility index (Phi) is 3.10. The fraction of sp³-hybridized carbons (Fsp3) is 1.00. The third kappa shape index (κ3) is 1.95. The summed E-state index contributed by atoms with van der Waals surface area (Å²) in [6, 6.07) is 1.06. The van der Waals surface area contributed by atoms with E-state index in [9.17, 15) is 10.2 Å². The Morgan fingerprint density at radius 1 is 1.29 bits per heavy atom. The van der Waals surface area contributed by atoms with Gasteiger partial charge >= 0.3 is 0 Å². The lowest BCUT2D eigenvalue weighted by molar-refractivity contribution is 0.00782. The van der Waals surface area contributed by atoms with Crippen LogP contribution in [0.2, 0.25) is 0 Å². The predicted octanol–water partition coefficient (Wildman–Crippen LogP) is 0.745. The zero-order valence-electron chi connectivity index (χ0n) is 8.89. The summed E-state index contributed by atoms with van der Waals surface area (Å²) in [7, 11) is 0. The third-order valence-corrected chi connectivity index (χ3v) is 3.75. The molecule has 2 heterocycles. The van der Waals surface area contributed by atoms with Crippen LogP contribution in [-0.4, -0.2) is 45.9 Å². The zero-order valence-corrected chi connectivity index (χ0v) is 8.89. The van der Waals surface area contributed by atoms with Crippen LogP contribution in [0.15, 0.2) is 0 Å². The van der Waals surface area contributed by atoms with Gasteiger partial charge in [0.1, 0.15) is 0 Å². The highest BCUT2D eigenvalue weighted by atomic mass is 16.3. The van der Waals surface area contributed by atoms with Crippen LogP contribution < -0.4 is 0 Å². The number of nitrogens with zero attached hydrogens (tertiary/aromatic N) is 1. The van der Waals surface area contributed by atoms with Crippen LogP contribution in [0.1, 0.15) is 39.0 Å². The van der Waals surface area contributed by atoms with Crippen molar-refractivity contribution in [1.82, 2.24) is 4.90 Å². The summed E-state index contributed by atoms with van der Waals surface area (Å²) in [5.74, 6) is 0. The molecule has 2 fully saturated rings. The Labute approximate surface area is 85.7 Å². The van der Waals surface area contributed by atoms with Gasteiger partial charge in [-0.1, -0.05) is 6.92 Å². The fourth-order valence-corrected chi connectivity index (χ4v) is 2.92. The maximum atomic E-state index is 9.64. The van der Waals surface area contributed by atoms with Crippen LogP contribution in [0.25, 0.3) is 0 Å². The molecule has 3 heteroatoms. The van der Waals surface area contributed by atoms with Crippen LogP contribution >= 0.6 is 0 Å². The molecule has 0 saturated carbocycles. The van der Waals surface area contributed by atoms with Gasteiger partial charge in [-0.25, -0.2) is 0 Å². The number of piperidine rings is 1. The van der Waals surface area contributed by atoms with E-state index in [-0.39, 0.29) is 12.2 Å². The van der Waals surface area contributed by atoms with Crippen molar-refractivity contribution in [1.29, 1.82) is 0 Å². The highest BCUT2D eigenvalue weighted by Gasteiger charge is 2.40. The predicted molar refractivity (Wildman–Crippen MR) is 55.1 cm³/mol. The van der Waals surface area contributed by atoms with Gasteiger partial charge in [0.05, 0.1) is 12.2 Å². The lowest BCUT2D eigenvalue weighted by Crippen LogP contribution is -2.47. The van der Waals surface area contributed by atoms with Crippen molar-refractivity contribution in [2.75, 3.05) is 6.54 Å². The van der Waals surface area contributed by atoms with Crippen LogP contribution in [-0.2, 0) is 0 Å². The zero-order chi connectivity index (χ0) is 10.1. The van der Waals surface area contributed by atoms with Crippen molar-refractivity contribution >= 4 is 0 Å². The molecule has 0 spiro atoms. The number of hydrogen-bond donors (Lipinski definition) is 2. The molecule has 2 bridgehead atoms. The largest absolute Gasteiger partial charge is 0.393 e. The summed E-state index contributed by atoms with van der Waals surface area (Å²) in [4.78, 5) is 2.42. The molecular formula is C11H21NO2. The van der Waals surface area contributed by atoms with E-state index in [1.165, 1.54) is 12.8 Å². The molecule has 2 saturated heterocycles. The van der Waals surface area contributed by atoms with Crippen molar-refractivity contribution in [3.63, 3.8) is 0 Å². The molecule has 2 aliphatic heterocycles. The van der Waals surface area contributed by atoms with Crippen molar-refractivity contribution in [2.45, 2.75) is 63.3 Å². The highest BCUT2D eigenvalue weighted by Crippen LogP contribution is 2.35. The summed E-state index contributed by atoms with van der Waals surface area (Å²) in [6.45, 7) is 2.82. The third-order valence-electron chi connectivity index (χ3n) is 3.75. The second kappa shape index (κ2) is 4.17. The van der Waals surface area contributed by atoms with Crippen molar-refractivity contribution < 1.29 is 10.2 Å². The second-order valence-corrected chi connectivity index (χ2v) is 4.77. The Bertz CT molecular complexity index is 184. The SMILES string of the molecule is CCC(O)CN1C2CCC1CC(O)C2. The molecular weight excluding hydrogens is 178 g/mol. The topological polar surface area (TPSA) is 43.7 Å². The lowest BCUT2D eigenvalue weighted by atomic mass is 9.99. The van der Waals surface area contributed by atoms with Gasteiger partial charge in [-0.3, -0.25) is 4.90 Å². The minimum atomic E-state index is -0.187. The summed E-state index contributed by atoms with van der Waals surface area (Å²) >= 11 is 0. The first kappa shape index (κ1) is 10.4. The Morgan fingerprint density at radius 2 is 1.86 bits per heavy atom. The Morgan fingerprint density at radius 3 is 2.36 bits per heavy atom. The molecule has 14 heavy (non-hydrogen) atoms. The van der Waals surface area contributed by atoms with Crippen LogP contribution in [0, 0.1) is 0 Å². The molecule has 0 aliphatic carbocycles.